The van der Waals surface area contributed by atoms with Gasteiger partial charge in [-0.15, -0.1) is 0 Å². The maximum absolute atomic E-state index is 12.6. The number of carbonyl (C=O) groups is 1. The Labute approximate surface area is 197 Å². The van der Waals surface area contributed by atoms with Crippen LogP contribution < -0.4 is 9.64 Å². The summed E-state index contributed by atoms with van der Waals surface area (Å²) in [5, 5.41) is 0. The SMILES string of the molecule is CC(C)c1cc(CN2CCC3(CC2)CN(c2ccccc2)C(=O)O3)cc2c1OCCC2(C)C. The van der Waals surface area contributed by atoms with Gasteiger partial charge in [-0.3, -0.25) is 9.80 Å². The molecule has 1 amide bonds. The molecule has 0 aliphatic carbocycles. The first-order valence-corrected chi connectivity index (χ1v) is 12.3. The molecule has 0 saturated carbocycles. The number of carbonyl (C=O) groups excluding carboxylic acids is 1. The molecule has 33 heavy (non-hydrogen) atoms. The van der Waals surface area contributed by atoms with E-state index in [2.05, 4.69) is 44.7 Å². The number of rotatable bonds is 4. The van der Waals surface area contributed by atoms with Gasteiger partial charge in [0, 0.05) is 43.7 Å². The summed E-state index contributed by atoms with van der Waals surface area (Å²) >= 11 is 0. The van der Waals surface area contributed by atoms with E-state index in [1.807, 2.05) is 30.3 Å². The highest BCUT2D eigenvalue weighted by atomic mass is 16.6. The van der Waals surface area contributed by atoms with Crippen LogP contribution in [0.4, 0.5) is 10.5 Å². The van der Waals surface area contributed by atoms with E-state index in [4.69, 9.17) is 9.47 Å². The average molecular weight is 449 g/mol. The minimum Gasteiger partial charge on any atom is -0.493 e. The predicted molar refractivity (Wildman–Crippen MR) is 131 cm³/mol. The standard InChI is InChI=1S/C28H36N2O3/c1-20(2)23-16-21(17-24-25(23)32-15-12-27(24,3)4)18-29-13-10-28(11-14-29)19-30(26(31)33-28)22-8-6-5-7-9-22/h5-9,16-17,20H,10-15,18-19H2,1-4H3. The number of hydrogen-bond acceptors (Lipinski definition) is 4. The third kappa shape index (κ3) is 4.23. The molecule has 3 heterocycles. The lowest BCUT2D eigenvalue weighted by molar-refractivity contribution is -0.000988. The predicted octanol–water partition coefficient (Wildman–Crippen LogP) is 5.86. The van der Waals surface area contributed by atoms with Gasteiger partial charge in [0.25, 0.3) is 0 Å². The van der Waals surface area contributed by atoms with E-state index < -0.39 is 0 Å². The van der Waals surface area contributed by atoms with Crippen molar-refractivity contribution in [3.63, 3.8) is 0 Å². The number of piperidine rings is 1. The molecular weight excluding hydrogens is 412 g/mol. The second-order valence-corrected chi connectivity index (χ2v) is 10.9. The van der Waals surface area contributed by atoms with Crippen LogP contribution >= 0.6 is 0 Å². The molecule has 0 N–H and O–H groups in total. The van der Waals surface area contributed by atoms with Crippen molar-refractivity contribution >= 4 is 11.8 Å². The zero-order valence-electron chi connectivity index (χ0n) is 20.4. The number of ether oxygens (including phenoxy) is 2. The number of anilines is 1. The largest absolute Gasteiger partial charge is 0.493 e. The summed E-state index contributed by atoms with van der Waals surface area (Å²) in [6, 6.07) is 14.6. The highest BCUT2D eigenvalue weighted by Gasteiger charge is 2.47. The van der Waals surface area contributed by atoms with Gasteiger partial charge in [-0.1, -0.05) is 58.0 Å². The summed E-state index contributed by atoms with van der Waals surface area (Å²) in [6.45, 7) is 13.4. The molecule has 1 spiro atoms. The molecule has 5 heteroatoms. The van der Waals surface area contributed by atoms with E-state index in [0.717, 1.165) is 56.9 Å². The van der Waals surface area contributed by atoms with Gasteiger partial charge in [-0.25, -0.2) is 4.79 Å². The van der Waals surface area contributed by atoms with Gasteiger partial charge in [0.15, 0.2) is 0 Å². The van der Waals surface area contributed by atoms with Crippen molar-refractivity contribution in [2.75, 3.05) is 31.1 Å². The Morgan fingerprint density at radius 3 is 2.45 bits per heavy atom. The number of likely N-dealkylation sites (tertiary alicyclic amines) is 1. The van der Waals surface area contributed by atoms with Gasteiger partial charge in [-0.05, 0) is 41.0 Å². The molecule has 2 aromatic rings. The fourth-order valence-electron chi connectivity index (χ4n) is 5.51. The van der Waals surface area contributed by atoms with Crippen molar-refractivity contribution in [3.05, 3.63) is 59.2 Å². The smallest absolute Gasteiger partial charge is 0.415 e. The number of benzene rings is 2. The second-order valence-electron chi connectivity index (χ2n) is 10.9. The minimum atomic E-state index is -0.363. The molecule has 2 aromatic carbocycles. The first-order valence-electron chi connectivity index (χ1n) is 12.3. The summed E-state index contributed by atoms with van der Waals surface area (Å²) in [5.74, 6) is 1.54. The molecule has 5 nitrogen and oxygen atoms in total. The normalized spacial score (nSPS) is 21.7. The average Bonchev–Trinajstić information content (AvgIpc) is 3.11. The van der Waals surface area contributed by atoms with Crippen molar-refractivity contribution in [1.82, 2.24) is 4.90 Å². The Kier molecular flexibility index (Phi) is 5.64. The molecule has 0 bridgehead atoms. The van der Waals surface area contributed by atoms with Crippen molar-refractivity contribution in [1.29, 1.82) is 0 Å². The topological polar surface area (TPSA) is 42.0 Å². The Morgan fingerprint density at radius 1 is 1.03 bits per heavy atom. The van der Waals surface area contributed by atoms with Gasteiger partial charge in [0.05, 0.1) is 13.2 Å². The molecule has 0 aromatic heterocycles. The number of hydrogen-bond donors (Lipinski definition) is 0. The molecule has 176 valence electrons. The Hall–Kier alpha value is -2.53. The maximum Gasteiger partial charge on any atom is 0.415 e. The third-order valence-corrected chi connectivity index (χ3v) is 7.71. The van der Waals surface area contributed by atoms with Gasteiger partial charge < -0.3 is 9.47 Å². The fourth-order valence-corrected chi connectivity index (χ4v) is 5.51. The lowest BCUT2D eigenvalue weighted by Crippen LogP contribution is -2.46. The van der Waals surface area contributed by atoms with Crippen LogP contribution in [0.25, 0.3) is 0 Å². The van der Waals surface area contributed by atoms with E-state index in [0.29, 0.717) is 12.5 Å². The first kappa shape index (κ1) is 22.3. The molecule has 0 atom stereocenters. The summed E-state index contributed by atoms with van der Waals surface area (Å²) in [5.41, 5.74) is 4.73. The van der Waals surface area contributed by atoms with E-state index in [9.17, 15) is 4.79 Å². The van der Waals surface area contributed by atoms with Crippen molar-refractivity contribution < 1.29 is 14.3 Å². The van der Waals surface area contributed by atoms with E-state index in [-0.39, 0.29) is 17.1 Å². The van der Waals surface area contributed by atoms with E-state index in [1.54, 1.807) is 4.90 Å². The molecular formula is C28H36N2O3. The Morgan fingerprint density at radius 2 is 1.76 bits per heavy atom. The monoisotopic (exact) mass is 448 g/mol. The van der Waals surface area contributed by atoms with Gasteiger partial charge >= 0.3 is 6.09 Å². The minimum absolute atomic E-state index is 0.137. The van der Waals surface area contributed by atoms with Crippen LogP contribution in [0, 0.1) is 0 Å². The Balaban J connectivity index is 1.29. The third-order valence-electron chi connectivity index (χ3n) is 7.71. The van der Waals surface area contributed by atoms with Crippen LogP contribution in [-0.4, -0.2) is 42.8 Å². The summed E-state index contributed by atoms with van der Waals surface area (Å²) < 4.78 is 12.1. The molecule has 2 fully saturated rings. The van der Waals surface area contributed by atoms with Crippen LogP contribution in [0.3, 0.4) is 0 Å². The zero-order valence-corrected chi connectivity index (χ0v) is 20.4. The molecule has 3 aliphatic rings. The molecule has 0 unspecified atom stereocenters. The van der Waals surface area contributed by atoms with Crippen molar-refractivity contribution in [2.24, 2.45) is 0 Å². The summed E-state index contributed by atoms with van der Waals surface area (Å²) in [4.78, 5) is 16.9. The molecule has 2 saturated heterocycles. The number of amides is 1. The van der Waals surface area contributed by atoms with E-state index >= 15 is 0 Å². The molecule has 0 radical (unpaired) electrons. The highest BCUT2D eigenvalue weighted by Crippen LogP contribution is 2.44. The lowest BCUT2D eigenvalue weighted by atomic mass is 9.77. The van der Waals surface area contributed by atoms with Crippen LogP contribution in [0.5, 0.6) is 5.75 Å². The molecule has 3 aliphatic heterocycles. The quantitative estimate of drug-likeness (QED) is 0.587. The number of fused-ring (bicyclic) bond motifs is 1. The van der Waals surface area contributed by atoms with Crippen LogP contribution in [0.1, 0.15) is 69.6 Å². The van der Waals surface area contributed by atoms with Crippen LogP contribution in [0.15, 0.2) is 42.5 Å². The summed E-state index contributed by atoms with van der Waals surface area (Å²) in [7, 11) is 0. The zero-order chi connectivity index (χ0) is 23.2. The maximum atomic E-state index is 12.6. The second kappa shape index (κ2) is 8.35. The van der Waals surface area contributed by atoms with Gasteiger partial charge in [-0.2, -0.15) is 0 Å². The lowest BCUT2D eigenvalue weighted by Gasteiger charge is -2.38. The molecule has 5 rings (SSSR count). The van der Waals surface area contributed by atoms with Crippen molar-refractivity contribution in [2.45, 2.75) is 70.4 Å². The number of para-hydroxylation sites is 1. The fraction of sp³-hybridized carbons (Fsp3) is 0.536. The van der Waals surface area contributed by atoms with Gasteiger partial charge in [0.1, 0.15) is 11.4 Å². The highest BCUT2D eigenvalue weighted by molar-refractivity contribution is 5.90. The first-order chi connectivity index (χ1) is 15.8. The van der Waals surface area contributed by atoms with Crippen LogP contribution in [0.2, 0.25) is 0 Å². The van der Waals surface area contributed by atoms with Crippen LogP contribution in [-0.2, 0) is 16.7 Å². The van der Waals surface area contributed by atoms with E-state index in [1.165, 1.54) is 16.7 Å². The summed E-state index contributed by atoms with van der Waals surface area (Å²) in [6.07, 6.45) is 2.58. The van der Waals surface area contributed by atoms with Gasteiger partial charge in [0.2, 0.25) is 0 Å². The number of nitrogens with zero attached hydrogens (tertiary/aromatic N) is 2. The van der Waals surface area contributed by atoms with Crippen molar-refractivity contribution in [3.8, 4) is 5.75 Å². The Bertz CT molecular complexity index is 1020.